The standard InChI is InChI=1S/C17H17N3O2/c1-11-18-14-10-12(8-9-15(14)20(11)2)17(21)19-13-6-4-5-7-16(13)22-3/h4-10H,1-3H3,(H,19,21). The van der Waals surface area contributed by atoms with E-state index in [1.54, 1.807) is 31.4 Å². The maximum Gasteiger partial charge on any atom is 0.255 e. The Morgan fingerprint density at radius 3 is 2.77 bits per heavy atom. The lowest BCUT2D eigenvalue weighted by Gasteiger charge is -2.09. The Morgan fingerprint density at radius 2 is 2.00 bits per heavy atom. The van der Waals surface area contributed by atoms with Crippen molar-refractivity contribution in [2.24, 2.45) is 7.05 Å². The van der Waals surface area contributed by atoms with E-state index in [1.165, 1.54) is 0 Å². The fourth-order valence-corrected chi connectivity index (χ4v) is 2.40. The summed E-state index contributed by atoms with van der Waals surface area (Å²) in [4.78, 5) is 16.9. The van der Waals surface area contributed by atoms with Gasteiger partial charge in [-0.25, -0.2) is 4.98 Å². The van der Waals surface area contributed by atoms with Gasteiger partial charge in [0.1, 0.15) is 11.6 Å². The number of amides is 1. The summed E-state index contributed by atoms with van der Waals surface area (Å²) in [6.07, 6.45) is 0. The third-order valence-electron chi connectivity index (χ3n) is 3.72. The van der Waals surface area contributed by atoms with Crippen LogP contribution in [0, 0.1) is 6.92 Å². The molecule has 0 unspecified atom stereocenters. The van der Waals surface area contributed by atoms with E-state index in [0.29, 0.717) is 17.0 Å². The van der Waals surface area contributed by atoms with E-state index in [1.807, 2.05) is 36.7 Å². The zero-order chi connectivity index (χ0) is 15.7. The van der Waals surface area contributed by atoms with Gasteiger partial charge in [0, 0.05) is 12.6 Å². The third kappa shape index (κ3) is 2.41. The zero-order valence-corrected chi connectivity index (χ0v) is 12.8. The van der Waals surface area contributed by atoms with Crippen molar-refractivity contribution in [1.29, 1.82) is 0 Å². The maximum absolute atomic E-state index is 12.4. The number of hydrogen-bond donors (Lipinski definition) is 1. The summed E-state index contributed by atoms with van der Waals surface area (Å²) in [5.74, 6) is 1.36. The maximum atomic E-state index is 12.4. The van der Waals surface area contributed by atoms with Crippen molar-refractivity contribution in [3.8, 4) is 5.75 Å². The minimum Gasteiger partial charge on any atom is -0.495 e. The molecule has 0 saturated carbocycles. The average molecular weight is 295 g/mol. The first-order valence-corrected chi connectivity index (χ1v) is 6.97. The number of carbonyl (C=O) groups excluding carboxylic acids is 1. The van der Waals surface area contributed by atoms with Gasteiger partial charge in [0.15, 0.2) is 0 Å². The first-order valence-electron chi connectivity index (χ1n) is 6.97. The van der Waals surface area contributed by atoms with E-state index in [0.717, 1.165) is 16.9 Å². The number of carbonyl (C=O) groups is 1. The molecule has 0 bridgehead atoms. The second-order valence-electron chi connectivity index (χ2n) is 5.08. The van der Waals surface area contributed by atoms with Crippen molar-refractivity contribution in [3.05, 3.63) is 53.9 Å². The number of aryl methyl sites for hydroxylation is 2. The lowest BCUT2D eigenvalue weighted by Crippen LogP contribution is -2.12. The number of rotatable bonds is 3. The van der Waals surface area contributed by atoms with Crippen molar-refractivity contribution in [1.82, 2.24) is 9.55 Å². The van der Waals surface area contributed by atoms with Crippen LogP contribution in [0.1, 0.15) is 16.2 Å². The van der Waals surface area contributed by atoms with E-state index in [-0.39, 0.29) is 5.91 Å². The predicted molar refractivity (Wildman–Crippen MR) is 86.4 cm³/mol. The molecular weight excluding hydrogens is 278 g/mol. The summed E-state index contributed by atoms with van der Waals surface area (Å²) in [6, 6.07) is 12.8. The first-order chi connectivity index (χ1) is 10.6. The van der Waals surface area contributed by atoms with Crippen LogP contribution in [0.4, 0.5) is 5.69 Å². The van der Waals surface area contributed by atoms with Gasteiger partial charge < -0.3 is 14.6 Å². The highest BCUT2D eigenvalue weighted by Crippen LogP contribution is 2.24. The topological polar surface area (TPSA) is 56.1 Å². The molecule has 0 fully saturated rings. The Hall–Kier alpha value is -2.82. The van der Waals surface area contributed by atoms with Crippen LogP contribution in [0.2, 0.25) is 0 Å². The van der Waals surface area contributed by atoms with E-state index in [9.17, 15) is 4.79 Å². The number of aromatic nitrogens is 2. The largest absolute Gasteiger partial charge is 0.495 e. The highest BCUT2D eigenvalue weighted by atomic mass is 16.5. The van der Waals surface area contributed by atoms with Gasteiger partial charge in [0.25, 0.3) is 5.91 Å². The highest BCUT2D eigenvalue weighted by Gasteiger charge is 2.12. The first kappa shape index (κ1) is 14.1. The van der Waals surface area contributed by atoms with Crippen molar-refractivity contribution in [2.45, 2.75) is 6.92 Å². The monoisotopic (exact) mass is 295 g/mol. The predicted octanol–water partition coefficient (Wildman–Crippen LogP) is 3.14. The fraction of sp³-hybridized carbons (Fsp3) is 0.176. The van der Waals surface area contributed by atoms with Crippen LogP contribution in [-0.2, 0) is 7.05 Å². The van der Waals surface area contributed by atoms with Crippen LogP contribution < -0.4 is 10.1 Å². The van der Waals surface area contributed by atoms with Crippen LogP contribution >= 0.6 is 0 Å². The number of anilines is 1. The molecule has 0 atom stereocenters. The van der Waals surface area contributed by atoms with Crippen LogP contribution in [0.15, 0.2) is 42.5 Å². The summed E-state index contributed by atoms with van der Waals surface area (Å²) in [5.41, 5.74) is 3.03. The smallest absolute Gasteiger partial charge is 0.255 e. The quantitative estimate of drug-likeness (QED) is 0.807. The van der Waals surface area contributed by atoms with Crippen molar-refractivity contribution in [2.75, 3.05) is 12.4 Å². The number of nitrogens with zero attached hydrogens (tertiary/aromatic N) is 2. The van der Waals surface area contributed by atoms with Gasteiger partial charge in [-0.3, -0.25) is 4.79 Å². The lowest BCUT2D eigenvalue weighted by molar-refractivity contribution is 0.102. The molecule has 0 saturated heterocycles. The normalized spacial score (nSPS) is 10.7. The summed E-state index contributed by atoms with van der Waals surface area (Å²) in [7, 11) is 3.53. The molecule has 0 aliphatic rings. The minimum atomic E-state index is -0.185. The van der Waals surface area contributed by atoms with Crippen molar-refractivity contribution in [3.63, 3.8) is 0 Å². The van der Waals surface area contributed by atoms with Crippen LogP contribution in [0.5, 0.6) is 5.75 Å². The molecule has 1 N–H and O–H groups in total. The highest BCUT2D eigenvalue weighted by molar-refractivity contribution is 6.06. The number of para-hydroxylation sites is 2. The van der Waals surface area contributed by atoms with Gasteiger partial charge in [0.2, 0.25) is 0 Å². The van der Waals surface area contributed by atoms with Crippen LogP contribution in [0.25, 0.3) is 11.0 Å². The molecule has 5 heteroatoms. The summed E-state index contributed by atoms with van der Waals surface area (Å²) >= 11 is 0. The van der Waals surface area contributed by atoms with Crippen LogP contribution in [-0.4, -0.2) is 22.6 Å². The molecular formula is C17H17N3O2. The molecule has 3 rings (SSSR count). The molecule has 1 heterocycles. The fourth-order valence-electron chi connectivity index (χ4n) is 2.40. The molecule has 3 aromatic rings. The Bertz CT molecular complexity index is 852. The number of fused-ring (bicyclic) bond motifs is 1. The number of benzene rings is 2. The van der Waals surface area contributed by atoms with E-state index >= 15 is 0 Å². The summed E-state index contributed by atoms with van der Waals surface area (Å²) < 4.78 is 7.24. The molecule has 5 nitrogen and oxygen atoms in total. The number of methoxy groups -OCH3 is 1. The van der Waals surface area contributed by atoms with Gasteiger partial charge in [-0.2, -0.15) is 0 Å². The number of imidazole rings is 1. The van der Waals surface area contributed by atoms with E-state index < -0.39 is 0 Å². The molecule has 22 heavy (non-hydrogen) atoms. The van der Waals surface area contributed by atoms with Gasteiger partial charge in [0.05, 0.1) is 23.8 Å². The molecule has 1 aromatic heterocycles. The SMILES string of the molecule is COc1ccccc1NC(=O)c1ccc2c(c1)nc(C)n2C. The average Bonchev–Trinajstić information content (AvgIpc) is 2.82. The van der Waals surface area contributed by atoms with Crippen molar-refractivity contribution >= 4 is 22.6 Å². The second kappa shape index (κ2) is 5.52. The second-order valence-corrected chi connectivity index (χ2v) is 5.08. The van der Waals surface area contributed by atoms with Crippen molar-refractivity contribution < 1.29 is 9.53 Å². The Kier molecular flexibility index (Phi) is 3.55. The number of ether oxygens (including phenoxy) is 1. The van der Waals surface area contributed by atoms with Gasteiger partial charge >= 0.3 is 0 Å². The molecule has 1 amide bonds. The Balaban J connectivity index is 1.92. The Morgan fingerprint density at radius 1 is 1.23 bits per heavy atom. The summed E-state index contributed by atoms with van der Waals surface area (Å²) in [5, 5.41) is 2.87. The zero-order valence-electron chi connectivity index (χ0n) is 12.8. The molecule has 0 radical (unpaired) electrons. The van der Waals surface area contributed by atoms with Gasteiger partial charge in [-0.15, -0.1) is 0 Å². The van der Waals surface area contributed by atoms with E-state index in [2.05, 4.69) is 10.3 Å². The summed E-state index contributed by atoms with van der Waals surface area (Å²) in [6.45, 7) is 1.94. The third-order valence-corrected chi connectivity index (χ3v) is 3.72. The molecule has 0 aliphatic carbocycles. The molecule has 0 aliphatic heterocycles. The van der Waals surface area contributed by atoms with E-state index in [4.69, 9.17) is 4.74 Å². The minimum absolute atomic E-state index is 0.185. The lowest BCUT2D eigenvalue weighted by atomic mass is 10.1. The van der Waals surface area contributed by atoms with Gasteiger partial charge in [-0.05, 0) is 37.3 Å². The molecule has 2 aromatic carbocycles. The molecule has 112 valence electrons. The Labute approximate surface area is 128 Å². The molecule has 0 spiro atoms. The van der Waals surface area contributed by atoms with Gasteiger partial charge in [-0.1, -0.05) is 12.1 Å². The number of hydrogen-bond acceptors (Lipinski definition) is 3. The number of nitrogens with one attached hydrogen (secondary N) is 1. The van der Waals surface area contributed by atoms with Crippen LogP contribution in [0.3, 0.4) is 0 Å².